The standard InChI is InChI=1S/C12H19N3O/c1-10-14-8-11(9-15-10)12(2-5-13)3-6-16-7-4-12/h8-9H,2-7,13H2,1H3. The Morgan fingerprint density at radius 2 is 1.94 bits per heavy atom. The maximum atomic E-state index is 5.73. The Morgan fingerprint density at radius 3 is 2.50 bits per heavy atom. The highest BCUT2D eigenvalue weighted by Crippen LogP contribution is 2.36. The number of nitrogens with two attached hydrogens (primary N) is 1. The van der Waals surface area contributed by atoms with Gasteiger partial charge in [-0.3, -0.25) is 0 Å². The molecule has 1 aromatic heterocycles. The third-order valence-electron chi connectivity index (χ3n) is 3.47. The van der Waals surface area contributed by atoms with Crippen molar-refractivity contribution in [2.75, 3.05) is 19.8 Å². The van der Waals surface area contributed by atoms with Crippen LogP contribution in [0.15, 0.2) is 12.4 Å². The van der Waals surface area contributed by atoms with Crippen LogP contribution >= 0.6 is 0 Å². The summed E-state index contributed by atoms with van der Waals surface area (Å²) in [5.41, 5.74) is 7.08. The van der Waals surface area contributed by atoms with Crippen molar-refractivity contribution in [1.82, 2.24) is 9.97 Å². The molecule has 4 nitrogen and oxygen atoms in total. The van der Waals surface area contributed by atoms with Gasteiger partial charge in [0.25, 0.3) is 0 Å². The molecule has 1 aromatic rings. The van der Waals surface area contributed by atoms with Crippen LogP contribution in [0.2, 0.25) is 0 Å². The number of hydrogen-bond donors (Lipinski definition) is 1. The van der Waals surface area contributed by atoms with Crippen molar-refractivity contribution in [2.24, 2.45) is 5.73 Å². The molecule has 0 amide bonds. The van der Waals surface area contributed by atoms with Gasteiger partial charge >= 0.3 is 0 Å². The third-order valence-corrected chi connectivity index (χ3v) is 3.47. The summed E-state index contributed by atoms with van der Waals surface area (Å²) in [6.07, 6.45) is 6.93. The van der Waals surface area contributed by atoms with E-state index in [9.17, 15) is 0 Å². The van der Waals surface area contributed by atoms with Crippen LogP contribution in [0.25, 0.3) is 0 Å². The Labute approximate surface area is 96.2 Å². The first-order valence-corrected chi connectivity index (χ1v) is 5.84. The fraction of sp³-hybridized carbons (Fsp3) is 0.667. The summed E-state index contributed by atoms with van der Waals surface area (Å²) in [5.74, 6) is 0.818. The second-order valence-corrected chi connectivity index (χ2v) is 4.45. The number of nitrogens with zero attached hydrogens (tertiary/aromatic N) is 2. The maximum absolute atomic E-state index is 5.73. The quantitative estimate of drug-likeness (QED) is 0.832. The van der Waals surface area contributed by atoms with Gasteiger partial charge in [0.15, 0.2) is 0 Å². The van der Waals surface area contributed by atoms with E-state index >= 15 is 0 Å². The molecule has 0 atom stereocenters. The number of aryl methyl sites for hydroxylation is 1. The van der Waals surface area contributed by atoms with Gasteiger partial charge in [0.05, 0.1) is 0 Å². The Bertz CT molecular complexity index is 325. The topological polar surface area (TPSA) is 61.0 Å². The number of aromatic nitrogens is 2. The van der Waals surface area contributed by atoms with Gasteiger partial charge in [-0.2, -0.15) is 0 Å². The van der Waals surface area contributed by atoms with E-state index in [1.807, 2.05) is 19.3 Å². The van der Waals surface area contributed by atoms with Crippen molar-refractivity contribution < 1.29 is 4.74 Å². The van der Waals surface area contributed by atoms with Crippen LogP contribution in [-0.2, 0) is 10.2 Å². The Balaban J connectivity index is 2.26. The molecule has 0 saturated carbocycles. The minimum absolute atomic E-state index is 0.140. The normalized spacial score (nSPS) is 19.6. The highest BCUT2D eigenvalue weighted by molar-refractivity contribution is 5.20. The summed E-state index contributed by atoms with van der Waals surface area (Å²) in [5, 5.41) is 0. The fourth-order valence-electron chi connectivity index (χ4n) is 2.39. The van der Waals surface area contributed by atoms with Gasteiger partial charge in [-0.05, 0) is 38.3 Å². The summed E-state index contributed by atoms with van der Waals surface area (Å²) in [6.45, 7) is 4.24. The van der Waals surface area contributed by atoms with E-state index in [-0.39, 0.29) is 5.41 Å². The van der Waals surface area contributed by atoms with E-state index in [4.69, 9.17) is 10.5 Å². The molecule has 0 radical (unpaired) electrons. The summed E-state index contributed by atoms with van der Waals surface area (Å²) >= 11 is 0. The predicted molar refractivity (Wildman–Crippen MR) is 62.2 cm³/mol. The molecule has 88 valence electrons. The van der Waals surface area contributed by atoms with Crippen LogP contribution in [-0.4, -0.2) is 29.7 Å². The number of hydrogen-bond acceptors (Lipinski definition) is 4. The molecule has 16 heavy (non-hydrogen) atoms. The van der Waals surface area contributed by atoms with Crippen molar-refractivity contribution in [2.45, 2.75) is 31.6 Å². The van der Waals surface area contributed by atoms with E-state index in [1.54, 1.807) is 0 Å². The average Bonchev–Trinajstić information content (AvgIpc) is 2.31. The third kappa shape index (κ3) is 2.23. The highest BCUT2D eigenvalue weighted by atomic mass is 16.5. The van der Waals surface area contributed by atoms with E-state index in [2.05, 4.69) is 9.97 Å². The first-order valence-electron chi connectivity index (χ1n) is 5.84. The van der Waals surface area contributed by atoms with Crippen molar-refractivity contribution in [1.29, 1.82) is 0 Å². The van der Waals surface area contributed by atoms with Crippen LogP contribution in [0.4, 0.5) is 0 Å². The van der Waals surface area contributed by atoms with Gasteiger partial charge in [0.2, 0.25) is 0 Å². The Morgan fingerprint density at radius 1 is 1.31 bits per heavy atom. The van der Waals surface area contributed by atoms with Crippen molar-refractivity contribution in [3.8, 4) is 0 Å². The second kappa shape index (κ2) is 4.89. The summed E-state index contributed by atoms with van der Waals surface area (Å²) in [7, 11) is 0. The molecule has 0 bridgehead atoms. The zero-order chi connectivity index (χ0) is 11.4. The molecule has 2 rings (SSSR count). The highest BCUT2D eigenvalue weighted by Gasteiger charge is 2.34. The van der Waals surface area contributed by atoms with E-state index in [1.165, 1.54) is 5.56 Å². The minimum atomic E-state index is 0.140. The van der Waals surface area contributed by atoms with Crippen LogP contribution in [0.1, 0.15) is 30.7 Å². The molecule has 1 saturated heterocycles. The minimum Gasteiger partial charge on any atom is -0.381 e. The molecule has 2 heterocycles. The summed E-state index contributed by atoms with van der Waals surface area (Å²) in [4.78, 5) is 8.58. The molecular formula is C12H19N3O. The van der Waals surface area contributed by atoms with Gasteiger partial charge in [-0.1, -0.05) is 0 Å². The molecule has 0 aliphatic carbocycles. The van der Waals surface area contributed by atoms with Gasteiger partial charge in [-0.15, -0.1) is 0 Å². The summed E-state index contributed by atoms with van der Waals surface area (Å²) in [6, 6.07) is 0. The lowest BCUT2D eigenvalue weighted by atomic mass is 9.73. The number of rotatable bonds is 3. The van der Waals surface area contributed by atoms with E-state index < -0.39 is 0 Å². The SMILES string of the molecule is Cc1ncc(C2(CCN)CCOCC2)cn1. The lowest BCUT2D eigenvalue weighted by Crippen LogP contribution is -2.36. The molecule has 1 aliphatic rings. The van der Waals surface area contributed by atoms with Crippen LogP contribution < -0.4 is 5.73 Å². The zero-order valence-electron chi connectivity index (χ0n) is 9.78. The van der Waals surface area contributed by atoms with Crippen molar-refractivity contribution in [3.63, 3.8) is 0 Å². The lowest BCUT2D eigenvalue weighted by molar-refractivity contribution is 0.0474. The second-order valence-electron chi connectivity index (χ2n) is 4.45. The first-order chi connectivity index (χ1) is 7.77. The number of ether oxygens (including phenoxy) is 1. The Hall–Kier alpha value is -1.00. The molecule has 2 N–H and O–H groups in total. The van der Waals surface area contributed by atoms with E-state index in [0.29, 0.717) is 6.54 Å². The molecule has 0 aromatic carbocycles. The van der Waals surface area contributed by atoms with Crippen molar-refractivity contribution in [3.05, 3.63) is 23.8 Å². The molecule has 4 heteroatoms. The first kappa shape index (κ1) is 11.5. The van der Waals surface area contributed by atoms with Gasteiger partial charge in [0.1, 0.15) is 5.82 Å². The monoisotopic (exact) mass is 221 g/mol. The van der Waals surface area contributed by atoms with Gasteiger partial charge in [-0.25, -0.2) is 9.97 Å². The lowest BCUT2D eigenvalue weighted by Gasteiger charge is -2.37. The van der Waals surface area contributed by atoms with Crippen LogP contribution in [0.3, 0.4) is 0 Å². The largest absolute Gasteiger partial charge is 0.381 e. The van der Waals surface area contributed by atoms with E-state index in [0.717, 1.165) is 38.3 Å². The van der Waals surface area contributed by atoms with Crippen LogP contribution in [0.5, 0.6) is 0 Å². The smallest absolute Gasteiger partial charge is 0.125 e. The molecule has 0 spiro atoms. The molecule has 1 aliphatic heterocycles. The van der Waals surface area contributed by atoms with Crippen molar-refractivity contribution >= 4 is 0 Å². The Kier molecular flexibility index (Phi) is 3.51. The molecule has 1 fully saturated rings. The van der Waals surface area contributed by atoms with Gasteiger partial charge < -0.3 is 10.5 Å². The fourth-order valence-corrected chi connectivity index (χ4v) is 2.39. The maximum Gasteiger partial charge on any atom is 0.125 e. The molecular weight excluding hydrogens is 202 g/mol. The average molecular weight is 221 g/mol. The molecule has 0 unspecified atom stereocenters. The summed E-state index contributed by atoms with van der Waals surface area (Å²) < 4.78 is 5.43. The van der Waals surface area contributed by atoms with Gasteiger partial charge in [0, 0.05) is 31.0 Å². The zero-order valence-corrected chi connectivity index (χ0v) is 9.78. The predicted octanol–water partition coefficient (Wildman–Crippen LogP) is 1.18. The van der Waals surface area contributed by atoms with Crippen LogP contribution in [0, 0.1) is 6.92 Å².